The monoisotopic (exact) mass is 220 g/mol. The summed E-state index contributed by atoms with van der Waals surface area (Å²) in [7, 11) is 2.10. The predicted molar refractivity (Wildman–Crippen MR) is 65.8 cm³/mol. The third-order valence-corrected chi connectivity index (χ3v) is 3.14. The molecular weight excluding hydrogens is 200 g/mol. The zero-order chi connectivity index (χ0) is 11.5. The van der Waals surface area contributed by atoms with Crippen LogP contribution in [-0.2, 0) is 0 Å². The normalized spacial score (nSPS) is 19.2. The van der Waals surface area contributed by atoms with Crippen molar-refractivity contribution in [1.82, 2.24) is 4.90 Å². The summed E-state index contributed by atoms with van der Waals surface area (Å²) in [4.78, 5) is 2.25. The molecule has 0 aliphatic carbocycles. The molecule has 1 atom stereocenters. The molecule has 2 N–H and O–H groups in total. The molecule has 0 amide bonds. The third kappa shape index (κ3) is 2.54. The van der Waals surface area contributed by atoms with Crippen molar-refractivity contribution < 1.29 is 4.74 Å². The van der Waals surface area contributed by atoms with Crippen LogP contribution < -0.4 is 10.5 Å². The molecule has 3 nitrogen and oxygen atoms in total. The van der Waals surface area contributed by atoms with Gasteiger partial charge < -0.3 is 10.5 Å². The molecule has 3 heteroatoms. The SMILES string of the molecule is CC(CN)c1ccc(OC2CN(C)C2)cc1. The highest BCUT2D eigenvalue weighted by molar-refractivity contribution is 5.29. The Balaban J connectivity index is 1.92. The van der Waals surface area contributed by atoms with Gasteiger partial charge in [-0.2, -0.15) is 0 Å². The molecule has 1 aromatic rings. The van der Waals surface area contributed by atoms with Crippen LogP contribution in [0.25, 0.3) is 0 Å². The summed E-state index contributed by atoms with van der Waals surface area (Å²) in [6, 6.07) is 8.30. The number of likely N-dealkylation sites (N-methyl/N-ethyl adjacent to an activating group) is 1. The first-order valence-electron chi connectivity index (χ1n) is 5.84. The van der Waals surface area contributed by atoms with Crippen molar-refractivity contribution in [2.75, 3.05) is 26.7 Å². The van der Waals surface area contributed by atoms with E-state index in [2.05, 4.69) is 31.0 Å². The van der Waals surface area contributed by atoms with Crippen LogP contribution in [0, 0.1) is 0 Å². The largest absolute Gasteiger partial charge is 0.488 e. The molecule has 1 saturated heterocycles. The lowest BCUT2D eigenvalue weighted by Crippen LogP contribution is -2.51. The molecule has 1 aromatic carbocycles. The van der Waals surface area contributed by atoms with Gasteiger partial charge >= 0.3 is 0 Å². The molecule has 0 bridgehead atoms. The first kappa shape index (κ1) is 11.4. The first-order valence-corrected chi connectivity index (χ1v) is 5.84. The highest BCUT2D eigenvalue weighted by Crippen LogP contribution is 2.21. The summed E-state index contributed by atoms with van der Waals surface area (Å²) in [5.74, 6) is 1.38. The van der Waals surface area contributed by atoms with Crippen molar-refractivity contribution in [2.45, 2.75) is 18.9 Å². The van der Waals surface area contributed by atoms with Crippen LogP contribution in [0.5, 0.6) is 5.75 Å². The lowest BCUT2D eigenvalue weighted by molar-refractivity contribution is 0.0388. The molecule has 2 rings (SSSR count). The molecule has 88 valence electrons. The van der Waals surface area contributed by atoms with Gasteiger partial charge in [-0.3, -0.25) is 4.90 Å². The highest BCUT2D eigenvalue weighted by atomic mass is 16.5. The van der Waals surface area contributed by atoms with Gasteiger partial charge in [0.15, 0.2) is 0 Å². The smallest absolute Gasteiger partial charge is 0.124 e. The van der Waals surface area contributed by atoms with Crippen molar-refractivity contribution in [3.63, 3.8) is 0 Å². The van der Waals surface area contributed by atoms with Crippen molar-refractivity contribution in [3.05, 3.63) is 29.8 Å². The molecule has 1 unspecified atom stereocenters. The first-order chi connectivity index (χ1) is 7.69. The van der Waals surface area contributed by atoms with E-state index in [1.807, 2.05) is 12.1 Å². The van der Waals surface area contributed by atoms with E-state index in [4.69, 9.17) is 10.5 Å². The topological polar surface area (TPSA) is 38.5 Å². The van der Waals surface area contributed by atoms with E-state index in [1.165, 1.54) is 5.56 Å². The predicted octanol–water partition coefficient (Wildman–Crippen LogP) is 1.44. The average Bonchev–Trinajstić information content (AvgIpc) is 2.27. The summed E-state index contributed by atoms with van der Waals surface area (Å²) in [6.45, 7) is 4.88. The van der Waals surface area contributed by atoms with Gasteiger partial charge in [0.2, 0.25) is 0 Å². The maximum atomic E-state index is 5.82. The second-order valence-electron chi connectivity index (χ2n) is 4.67. The molecule has 1 heterocycles. The van der Waals surface area contributed by atoms with Crippen LogP contribution in [0.15, 0.2) is 24.3 Å². The van der Waals surface area contributed by atoms with Crippen molar-refractivity contribution >= 4 is 0 Å². The van der Waals surface area contributed by atoms with E-state index in [1.54, 1.807) is 0 Å². The number of benzene rings is 1. The van der Waals surface area contributed by atoms with Crippen LogP contribution in [0.4, 0.5) is 0 Å². The summed E-state index contributed by atoms with van der Waals surface area (Å²) in [6.07, 6.45) is 0.364. The number of nitrogens with zero attached hydrogens (tertiary/aromatic N) is 1. The van der Waals surface area contributed by atoms with Gasteiger partial charge in [0.05, 0.1) is 0 Å². The van der Waals surface area contributed by atoms with Gasteiger partial charge in [-0.05, 0) is 37.2 Å². The van der Waals surface area contributed by atoms with Gasteiger partial charge in [-0.1, -0.05) is 19.1 Å². The quantitative estimate of drug-likeness (QED) is 0.834. The van der Waals surface area contributed by atoms with Gasteiger partial charge in [0.25, 0.3) is 0 Å². The summed E-state index contributed by atoms with van der Waals surface area (Å²) >= 11 is 0. The van der Waals surface area contributed by atoms with Crippen LogP contribution in [-0.4, -0.2) is 37.7 Å². The molecule has 1 fully saturated rings. The zero-order valence-corrected chi connectivity index (χ0v) is 10.0. The van der Waals surface area contributed by atoms with Crippen LogP contribution in [0.1, 0.15) is 18.4 Å². The van der Waals surface area contributed by atoms with Crippen LogP contribution in [0.2, 0.25) is 0 Å². The van der Waals surface area contributed by atoms with E-state index >= 15 is 0 Å². The highest BCUT2D eigenvalue weighted by Gasteiger charge is 2.24. The van der Waals surface area contributed by atoms with Crippen LogP contribution >= 0.6 is 0 Å². The Labute approximate surface area is 97.2 Å². The van der Waals surface area contributed by atoms with Crippen LogP contribution in [0.3, 0.4) is 0 Å². The Morgan fingerprint density at radius 3 is 2.50 bits per heavy atom. The van der Waals surface area contributed by atoms with E-state index in [0.717, 1.165) is 18.8 Å². The van der Waals surface area contributed by atoms with E-state index in [0.29, 0.717) is 18.6 Å². The molecule has 1 aliphatic heterocycles. The second kappa shape index (κ2) is 4.85. The second-order valence-corrected chi connectivity index (χ2v) is 4.67. The fraction of sp³-hybridized carbons (Fsp3) is 0.538. The van der Waals surface area contributed by atoms with Gasteiger partial charge in [-0.15, -0.1) is 0 Å². The van der Waals surface area contributed by atoms with E-state index in [-0.39, 0.29) is 0 Å². The van der Waals surface area contributed by atoms with E-state index < -0.39 is 0 Å². The van der Waals surface area contributed by atoms with Gasteiger partial charge in [-0.25, -0.2) is 0 Å². The summed E-state index contributed by atoms with van der Waals surface area (Å²) < 4.78 is 5.82. The maximum Gasteiger partial charge on any atom is 0.124 e. The average molecular weight is 220 g/mol. The molecule has 0 saturated carbocycles. The molecule has 1 aliphatic rings. The number of hydrogen-bond donors (Lipinski definition) is 1. The lowest BCUT2D eigenvalue weighted by atomic mass is 10.0. The zero-order valence-electron chi connectivity index (χ0n) is 10.0. The Morgan fingerprint density at radius 2 is 2.00 bits per heavy atom. The minimum atomic E-state index is 0.364. The molecule has 0 aromatic heterocycles. The number of likely N-dealkylation sites (tertiary alicyclic amines) is 1. The van der Waals surface area contributed by atoms with Crippen molar-refractivity contribution in [2.24, 2.45) is 5.73 Å². The molecule has 16 heavy (non-hydrogen) atoms. The Morgan fingerprint density at radius 1 is 1.38 bits per heavy atom. The minimum absolute atomic E-state index is 0.364. The number of rotatable bonds is 4. The Hall–Kier alpha value is -1.06. The fourth-order valence-electron chi connectivity index (χ4n) is 1.92. The summed E-state index contributed by atoms with van der Waals surface area (Å²) in [5.41, 5.74) is 6.91. The van der Waals surface area contributed by atoms with Crippen molar-refractivity contribution in [3.8, 4) is 5.75 Å². The lowest BCUT2D eigenvalue weighted by Gasteiger charge is -2.36. The standard InChI is InChI=1S/C13H20N2O/c1-10(7-14)11-3-5-12(6-4-11)16-13-8-15(2)9-13/h3-6,10,13H,7-9,14H2,1-2H3. The molecular formula is C13H20N2O. The minimum Gasteiger partial charge on any atom is -0.488 e. The van der Waals surface area contributed by atoms with Gasteiger partial charge in [0, 0.05) is 13.1 Å². The Kier molecular flexibility index (Phi) is 3.46. The Bertz CT molecular complexity index is 330. The third-order valence-electron chi connectivity index (χ3n) is 3.14. The van der Waals surface area contributed by atoms with E-state index in [9.17, 15) is 0 Å². The molecule has 0 radical (unpaired) electrons. The molecule has 0 spiro atoms. The number of nitrogens with two attached hydrogens (primary N) is 1. The summed E-state index contributed by atoms with van der Waals surface area (Å²) in [5, 5.41) is 0. The number of hydrogen-bond acceptors (Lipinski definition) is 3. The van der Waals surface area contributed by atoms with Crippen molar-refractivity contribution in [1.29, 1.82) is 0 Å². The van der Waals surface area contributed by atoms with Gasteiger partial charge in [0.1, 0.15) is 11.9 Å². The maximum absolute atomic E-state index is 5.82. The number of ether oxygens (including phenoxy) is 1. The fourth-order valence-corrected chi connectivity index (χ4v) is 1.92.